The number of esters is 1. The molecule has 0 aromatic heterocycles. The lowest BCUT2D eigenvalue weighted by Gasteiger charge is -2.03. The van der Waals surface area contributed by atoms with Crippen LogP contribution in [0.3, 0.4) is 0 Å². The van der Waals surface area contributed by atoms with E-state index in [1.165, 1.54) is 0 Å². The number of carbonyl (C=O) groups is 2. The second kappa shape index (κ2) is 8.44. The molecule has 1 N–H and O–H groups in total. The maximum atomic E-state index is 10.6. The zero-order valence-electron chi connectivity index (χ0n) is 8.54. The Morgan fingerprint density at radius 2 is 2.14 bits per heavy atom. The molecule has 0 amide bonds. The molecule has 0 aliphatic rings. The molecule has 0 radical (unpaired) electrons. The van der Waals surface area contributed by atoms with Crippen LogP contribution in [0.25, 0.3) is 0 Å². The van der Waals surface area contributed by atoms with E-state index in [1.54, 1.807) is 6.92 Å². The normalized spacial score (nSPS) is 9.50. The molecule has 0 aromatic rings. The van der Waals surface area contributed by atoms with E-state index in [0.717, 1.165) is 19.0 Å². The van der Waals surface area contributed by atoms with E-state index in [4.69, 9.17) is 4.74 Å². The van der Waals surface area contributed by atoms with Crippen molar-refractivity contribution in [1.82, 2.24) is 5.32 Å². The van der Waals surface area contributed by atoms with Crippen molar-refractivity contribution in [2.45, 2.75) is 19.8 Å². The summed E-state index contributed by atoms with van der Waals surface area (Å²) in [6, 6.07) is 0. The smallest absolute Gasteiger partial charge is 0.330 e. The average molecular weight is 199 g/mol. The monoisotopic (exact) mass is 199 g/mol. The van der Waals surface area contributed by atoms with Gasteiger partial charge >= 0.3 is 5.97 Å². The SMILES string of the molecule is C=CC(=O)OCCNCCCC(C)=O. The molecule has 14 heavy (non-hydrogen) atoms. The molecule has 0 fully saturated rings. The van der Waals surface area contributed by atoms with E-state index >= 15 is 0 Å². The van der Waals surface area contributed by atoms with Gasteiger partial charge < -0.3 is 14.8 Å². The lowest BCUT2D eigenvalue weighted by molar-refractivity contribution is -0.137. The largest absolute Gasteiger partial charge is 0.461 e. The Labute approximate surface area is 84.3 Å². The molecule has 0 aliphatic heterocycles. The Bertz CT molecular complexity index is 202. The fourth-order valence-corrected chi connectivity index (χ4v) is 0.870. The highest BCUT2D eigenvalue weighted by atomic mass is 16.5. The highest BCUT2D eigenvalue weighted by Crippen LogP contribution is 1.87. The topological polar surface area (TPSA) is 55.4 Å². The molecule has 0 aliphatic carbocycles. The molecular formula is C10H17NO3. The highest BCUT2D eigenvalue weighted by molar-refractivity contribution is 5.81. The van der Waals surface area contributed by atoms with Gasteiger partial charge in [0.1, 0.15) is 12.4 Å². The quantitative estimate of drug-likeness (QED) is 0.355. The van der Waals surface area contributed by atoms with Gasteiger partial charge in [-0.2, -0.15) is 0 Å². The number of nitrogens with one attached hydrogen (secondary N) is 1. The molecule has 4 nitrogen and oxygen atoms in total. The van der Waals surface area contributed by atoms with Crippen molar-refractivity contribution in [3.63, 3.8) is 0 Å². The highest BCUT2D eigenvalue weighted by Gasteiger charge is 1.95. The third-order valence-electron chi connectivity index (χ3n) is 1.57. The van der Waals surface area contributed by atoms with Gasteiger partial charge in [-0.15, -0.1) is 0 Å². The molecule has 0 saturated carbocycles. The van der Waals surface area contributed by atoms with Crippen LogP contribution in [0.1, 0.15) is 19.8 Å². The van der Waals surface area contributed by atoms with Crippen LogP contribution >= 0.6 is 0 Å². The van der Waals surface area contributed by atoms with Crippen molar-refractivity contribution in [2.75, 3.05) is 19.7 Å². The fraction of sp³-hybridized carbons (Fsp3) is 0.600. The summed E-state index contributed by atoms with van der Waals surface area (Å²) in [6.07, 6.45) is 2.56. The third kappa shape index (κ3) is 8.93. The summed E-state index contributed by atoms with van der Waals surface area (Å²) in [5, 5.41) is 3.06. The first-order valence-electron chi connectivity index (χ1n) is 4.66. The Kier molecular flexibility index (Phi) is 7.74. The predicted molar refractivity (Wildman–Crippen MR) is 53.9 cm³/mol. The molecule has 0 unspecified atom stereocenters. The fourth-order valence-electron chi connectivity index (χ4n) is 0.870. The third-order valence-corrected chi connectivity index (χ3v) is 1.57. The van der Waals surface area contributed by atoms with Crippen molar-refractivity contribution in [2.24, 2.45) is 0 Å². The van der Waals surface area contributed by atoms with Crippen molar-refractivity contribution >= 4 is 11.8 Å². The van der Waals surface area contributed by atoms with E-state index in [2.05, 4.69) is 11.9 Å². The van der Waals surface area contributed by atoms with E-state index in [1.807, 2.05) is 0 Å². The number of hydrogen-bond acceptors (Lipinski definition) is 4. The van der Waals surface area contributed by atoms with E-state index in [-0.39, 0.29) is 5.78 Å². The Balaban J connectivity index is 3.10. The van der Waals surface area contributed by atoms with Crippen LogP contribution in [0.15, 0.2) is 12.7 Å². The zero-order valence-corrected chi connectivity index (χ0v) is 8.54. The molecular weight excluding hydrogens is 182 g/mol. The van der Waals surface area contributed by atoms with E-state index < -0.39 is 5.97 Å². The molecule has 0 bridgehead atoms. The summed E-state index contributed by atoms with van der Waals surface area (Å²) in [4.78, 5) is 21.1. The first-order valence-corrected chi connectivity index (χ1v) is 4.66. The molecule has 0 aromatic carbocycles. The molecule has 0 rings (SSSR count). The molecule has 0 atom stereocenters. The predicted octanol–water partition coefficient (Wildman–Crippen LogP) is 0.674. The van der Waals surface area contributed by atoms with Crippen molar-refractivity contribution < 1.29 is 14.3 Å². The number of carbonyl (C=O) groups excluding carboxylic acids is 2. The van der Waals surface area contributed by atoms with Crippen LogP contribution < -0.4 is 5.32 Å². The summed E-state index contributed by atoms with van der Waals surface area (Å²) < 4.78 is 4.73. The number of ether oxygens (including phenoxy) is 1. The lowest BCUT2D eigenvalue weighted by atomic mass is 10.2. The van der Waals surface area contributed by atoms with Crippen LogP contribution in [0.4, 0.5) is 0 Å². The van der Waals surface area contributed by atoms with Gasteiger partial charge in [-0.05, 0) is 19.9 Å². The van der Waals surface area contributed by atoms with Crippen molar-refractivity contribution in [3.8, 4) is 0 Å². The summed E-state index contributed by atoms with van der Waals surface area (Å²) >= 11 is 0. The van der Waals surface area contributed by atoms with Gasteiger partial charge in [-0.3, -0.25) is 0 Å². The summed E-state index contributed by atoms with van der Waals surface area (Å²) in [7, 11) is 0. The first-order chi connectivity index (χ1) is 6.66. The number of ketones is 1. The van der Waals surface area contributed by atoms with E-state index in [9.17, 15) is 9.59 Å². The van der Waals surface area contributed by atoms with Gasteiger partial charge in [-0.1, -0.05) is 6.58 Å². The van der Waals surface area contributed by atoms with Crippen LogP contribution in [0.2, 0.25) is 0 Å². The molecule has 0 heterocycles. The maximum Gasteiger partial charge on any atom is 0.330 e. The van der Waals surface area contributed by atoms with Crippen molar-refractivity contribution in [3.05, 3.63) is 12.7 Å². The minimum atomic E-state index is -0.407. The van der Waals surface area contributed by atoms with Gasteiger partial charge in [0.25, 0.3) is 0 Å². The number of Topliss-reactive ketones (excluding diaryl/α,β-unsaturated/α-hetero) is 1. The maximum absolute atomic E-state index is 10.6. The lowest BCUT2D eigenvalue weighted by Crippen LogP contribution is -2.22. The number of rotatable bonds is 8. The Hall–Kier alpha value is -1.16. The Morgan fingerprint density at radius 3 is 2.71 bits per heavy atom. The Morgan fingerprint density at radius 1 is 1.43 bits per heavy atom. The van der Waals surface area contributed by atoms with Crippen LogP contribution in [0, 0.1) is 0 Å². The van der Waals surface area contributed by atoms with Crippen molar-refractivity contribution in [1.29, 1.82) is 0 Å². The van der Waals surface area contributed by atoms with Gasteiger partial charge in [0.05, 0.1) is 0 Å². The van der Waals surface area contributed by atoms with Gasteiger partial charge in [-0.25, -0.2) is 4.79 Å². The second-order valence-corrected chi connectivity index (χ2v) is 2.93. The van der Waals surface area contributed by atoms with Crippen LogP contribution in [0.5, 0.6) is 0 Å². The molecule has 80 valence electrons. The van der Waals surface area contributed by atoms with Crippen LogP contribution in [-0.4, -0.2) is 31.4 Å². The first kappa shape index (κ1) is 12.8. The second-order valence-electron chi connectivity index (χ2n) is 2.93. The van der Waals surface area contributed by atoms with Gasteiger partial charge in [0.2, 0.25) is 0 Å². The molecule has 0 saturated heterocycles. The number of hydrogen-bond donors (Lipinski definition) is 1. The minimum absolute atomic E-state index is 0.199. The van der Waals surface area contributed by atoms with E-state index in [0.29, 0.717) is 19.6 Å². The molecule has 4 heteroatoms. The molecule has 0 spiro atoms. The minimum Gasteiger partial charge on any atom is -0.461 e. The zero-order chi connectivity index (χ0) is 10.8. The van der Waals surface area contributed by atoms with Gasteiger partial charge in [0.15, 0.2) is 0 Å². The van der Waals surface area contributed by atoms with Crippen LogP contribution in [-0.2, 0) is 14.3 Å². The summed E-state index contributed by atoms with van der Waals surface area (Å²) in [5.74, 6) is -0.208. The average Bonchev–Trinajstić information content (AvgIpc) is 2.15. The standard InChI is InChI=1S/C10H17NO3/c1-3-10(13)14-8-7-11-6-4-5-9(2)12/h3,11H,1,4-8H2,2H3. The van der Waals surface area contributed by atoms with Gasteiger partial charge in [0, 0.05) is 19.0 Å². The summed E-state index contributed by atoms with van der Waals surface area (Å²) in [5.41, 5.74) is 0. The summed E-state index contributed by atoms with van der Waals surface area (Å²) in [6.45, 7) is 6.57.